The molecular weight excluding hydrogens is 404 g/mol. The second kappa shape index (κ2) is 10.8. The van der Waals surface area contributed by atoms with E-state index in [1.807, 2.05) is 6.07 Å². The largest absolute Gasteiger partial charge is 0.478 e. The molecule has 1 N–H and O–H groups in total. The lowest BCUT2D eigenvalue weighted by Crippen LogP contribution is -2.02. The number of halogens is 1. The number of methoxy groups -OCH3 is 1. The lowest BCUT2D eigenvalue weighted by molar-refractivity contribution is 0.282. The molecule has 1 aromatic carbocycles. The molecular formula is C22H25ClN4O3. The third kappa shape index (κ3) is 5.64. The molecule has 158 valence electrons. The molecule has 0 aliphatic carbocycles. The summed E-state index contributed by atoms with van der Waals surface area (Å²) in [6.45, 7) is 2.72. The molecule has 0 amide bonds. The van der Waals surface area contributed by atoms with E-state index in [9.17, 15) is 5.11 Å². The number of benzene rings is 1. The Morgan fingerprint density at radius 3 is 2.53 bits per heavy atom. The molecule has 0 unspecified atom stereocenters. The van der Waals surface area contributed by atoms with Crippen LogP contribution in [0.5, 0.6) is 11.9 Å². The van der Waals surface area contributed by atoms with Crippen LogP contribution in [0, 0.1) is 0 Å². The fourth-order valence-corrected chi connectivity index (χ4v) is 3.05. The number of rotatable bonds is 10. The Morgan fingerprint density at radius 1 is 1.00 bits per heavy atom. The third-order valence-electron chi connectivity index (χ3n) is 4.49. The molecule has 0 atom stereocenters. The molecule has 3 aromatic rings. The van der Waals surface area contributed by atoms with Crippen molar-refractivity contribution < 1.29 is 14.6 Å². The predicted molar refractivity (Wildman–Crippen MR) is 116 cm³/mol. The zero-order chi connectivity index (χ0) is 21.3. The van der Waals surface area contributed by atoms with E-state index in [0.29, 0.717) is 45.8 Å². The molecule has 0 saturated heterocycles. The summed E-state index contributed by atoms with van der Waals surface area (Å²) in [5.41, 5.74) is 1.99. The summed E-state index contributed by atoms with van der Waals surface area (Å²) in [5, 5.41) is 9.89. The maximum absolute atomic E-state index is 9.42. The second-order valence-corrected chi connectivity index (χ2v) is 7.14. The van der Waals surface area contributed by atoms with E-state index in [0.717, 1.165) is 12.8 Å². The van der Waals surface area contributed by atoms with Crippen LogP contribution in [0.4, 0.5) is 0 Å². The Balaban J connectivity index is 1.83. The maximum Gasteiger partial charge on any atom is 0.320 e. The van der Waals surface area contributed by atoms with Crippen LogP contribution in [-0.2, 0) is 6.61 Å². The molecule has 0 saturated carbocycles. The molecule has 2 heterocycles. The minimum absolute atomic E-state index is 0.108. The average molecular weight is 429 g/mol. The van der Waals surface area contributed by atoms with Gasteiger partial charge in [-0.25, -0.2) is 9.97 Å². The van der Waals surface area contributed by atoms with Gasteiger partial charge in [0, 0.05) is 23.4 Å². The lowest BCUT2D eigenvalue weighted by atomic mass is 10.1. The molecule has 30 heavy (non-hydrogen) atoms. The number of hydrogen-bond donors (Lipinski definition) is 1. The van der Waals surface area contributed by atoms with Gasteiger partial charge < -0.3 is 14.6 Å². The summed E-state index contributed by atoms with van der Waals surface area (Å²) in [7, 11) is 1.49. The van der Waals surface area contributed by atoms with Crippen molar-refractivity contribution in [3.63, 3.8) is 0 Å². The van der Waals surface area contributed by atoms with Crippen LogP contribution < -0.4 is 9.47 Å². The first-order valence-electron chi connectivity index (χ1n) is 9.93. The van der Waals surface area contributed by atoms with Crippen molar-refractivity contribution in [3.8, 4) is 34.7 Å². The summed E-state index contributed by atoms with van der Waals surface area (Å²) in [4.78, 5) is 17.5. The highest BCUT2D eigenvalue weighted by atomic mass is 35.5. The first-order valence-corrected chi connectivity index (χ1v) is 10.3. The molecule has 3 rings (SSSR count). The van der Waals surface area contributed by atoms with E-state index in [4.69, 9.17) is 21.1 Å². The van der Waals surface area contributed by atoms with Gasteiger partial charge in [0.05, 0.1) is 25.3 Å². The van der Waals surface area contributed by atoms with E-state index in [1.54, 1.807) is 30.5 Å². The Kier molecular flexibility index (Phi) is 7.93. The van der Waals surface area contributed by atoms with Crippen LogP contribution in [0.15, 0.2) is 36.5 Å². The van der Waals surface area contributed by atoms with Crippen molar-refractivity contribution in [1.29, 1.82) is 0 Å². The molecule has 2 aromatic heterocycles. The van der Waals surface area contributed by atoms with Gasteiger partial charge in [0.2, 0.25) is 5.88 Å². The Morgan fingerprint density at radius 2 is 1.83 bits per heavy atom. The zero-order valence-electron chi connectivity index (χ0n) is 17.1. The van der Waals surface area contributed by atoms with Crippen LogP contribution in [0.2, 0.25) is 5.02 Å². The van der Waals surface area contributed by atoms with Crippen LogP contribution in [0.3, 0.4) is 0 Å². The normalized spacial score (nSPS) is 10.8. The maximum atomic E-state index is 9.42. The number of aliphatic hydroxyl groups excluding tert-OH is 1. The van der Waals surface area contributed by atoms with E-state index >= 15 is 0 Å². The molecule has 0 aliphatic heterocycles. The monoisotopic (exact) mass is 428 g/mol. The molecule has 0 aliphatic rings. The van der Waals surface area contributed by atoms with Gasteiger partial charge in [-0.1, -0.05) is 43.9 Å². The number of nitrogens with zero attached hydrogens (tertiary/aromatic N) is 4. The van der Waals surface area contributed by atoms with E-state index in [2.05, 4.69) is 26.9 Å². The minimum atomic E-state index is -0.108. The van der Waals surface area contributed by atoms with Gasteiger partial charge in [-0.3, -0.25) is 0 Å². The Labute approximate surface area is 181 Å². The number of aromatic nitrogens is 4. The van der Waals surface area contributed by atoms with Crippen LogP contribution in [-0.4, -0.2) is 38.8 Å². The van der Waals surface area contributed by atoms with Crippen molar-refractivity contribution in [2.45, 2.75) is 39.2 Å². The van der Waals surface area contributed by atoms with Crippen LogP contribution in [0.1, 0.15) is 38.2 Å². The highest BCUT2D eigenvalue weighted by molar-refractivity contribution is 6.33. The smallest absolute Gasteiger partial charge is 0.320 e. The van der Waals surface area contributed by atoms with Crippen LogP contribution in [0.25, 0.3) is 22.8 Å². The topological polar surface area (TPSA) is 90.2 Å². The molecule has 0 radical (unpaired) electrons. The average Bonchev–Trinajstić information content (AvgIpc) is 2.79. The second-order valence-electron chi connectivity index (χ2n) is 6.74. The van der Waals surface area contributed by atoms with Crippen molar-refractivity contribution in [2.75, 3.05) is 13.7 Å². The summed E-state index contributed by atoms with van der Waals surface area (Å²) >= 11 is 6.33. The van der Waals surface area contributed by atoms with E-state index < -0.39 is 0 Å². The molecule has 0 fully saturated rings. The van der Waals surface area contributed by atoms with Crippen molar-refractivity contribution in [3.05, 3.63) is 47.1 Å². The van der Waals surface area contributed by atoms with E-state index in [1.165, 1.54) is 20.0 Å². The first kappa shape index (κ1) is 21.9. The van der Waals surface area contributed by atoms with Gasteiger partial charge in [-0.2, -0.15) is 9.97 Å². The van der Waals surface area contributed by atoms with Gasteiger partial charge in [0.1, 0.15) is 0 Å². The van der Waals surface area contributed by atoms with Crippen molar-refractivity contribution in [2.24, 2.45) is 0 Å². The molecule has 8 heteroatoms. The van der Waals surface area contributed by atoms with Gasteiger partial charge >= 0.3 is 6.01 Å². The number of pyridine rings is 1. The highest BCUT2D eigenvalue weighted by Crippen LogP contribution is 2.29. The number of hydrogen-bond acceptors (Lipinski definition) is 7. The number of ether oxygens (including phenoxy) is 2. The zero-order valence-corrected chi connectivity index (χ0v) is 17.9. The fraction of sp³-hybridized carbons (Fsp3) is 0.364. The van der Waals surface area contributed by atoms with Crippen molar-refractivity contribution >= 4 is 11.6 Å². The summed E-state index contributed by atoms with van der Waals surface area (Å²) < 4.78 is 10.9. The van der Waals surface area contributed by atoms with Gasteiger partial charge in [-0.15, -0.1) is 0 Å². The predicted octanol–water partition coefficient (Wildman–Crippen LogP) is 4.71. The quantitative estimate of drug-likeness (QED) is 0.467. The van der Waals surface area contributed by atoms with Gasteiger partial charge in [-0.05, 0) is 30.2 Å². The minimum Gasteiger partial charge on any atom is -0.478 e. The fourth-order valence-electron chi connectivity index (χ4n) is 2.84. The summed E-state index contributed by atoms with van der Waals surface area (Å²) in [6.07, 6.45) is 6.23. The first-order chi connectivity index (χ1) is 14.6. The molecule has 7 nitrogen and oxygen atoms in total. The summed E-state index contributed by atoms with van der Waals surface area (Å²) in [6, 6.07) is 9.00. The Bertz CT molecular complexity index is 967. The SMILES string of the molecule is CCCCCCOc1ccc(-c2nc(OC)nc(-c3cc(CO)ccc3Cl)n2)cn1. The number of unbranched alkanes of at least 4 members (excludes halogenated alkanes) is 3. The Hall–Kier alpha value is -2.77. The van der Waals surface area contributed by atoms with Crippen LogP contribution >= 0.6 is 11.6 Å². The highest BCUT2D eigenvalue weighted by Gasteiger charge is 2.14. The molecule has 0 bridgehead atoms. The standard InChI is InChI=1S/C22H25ClN4O3/c1-3-4-5-6-11-30-19-10-8-16(13-24-19)20-25-21(27-22(26-20)29-2)17-12-15(14-28)7-9-18(17)23/h7-10,12-13,28H,3-6,11,14H2,1-2H3. The van der Waals surface area contributed by atoms with Crippen molar-refractivity contribution in [1.82, 2.24) is 19.9 Å². The van der Waals surface area contributed by atoms with Gasteiger partial charge in [0.15, 0.2) is 11.6 Å². The number of aliphatic hydroxyl groups is 1. The lowest BCUT2D eigenvalue weighted by Gasteiger charge is -2.09. The van der Waals surface area contributed by atoms with Gasteiger partial charge in [0.25, 0.3) is 0 Å². The summed E-state index contributed by atoms with van der Waals surface area (Å²) in [5.74, 6) is 1.33. The third-order valence-corrected chi connectivity index (χ3v) is 4.82. The molecule has 0 spiro atoms. The van der Waals surface area contributed by atoms with E-state index in [-0.39, 0.29) is 12.6 Å².